The maximum absolute atomic E-state index is 15.4. The van der Waals surface area contributed by atoms with Gasteiger partial charge >= 0.3 is 19.1 Å². The number of amides is 1. The van der Waals surface area contributed by atoms with E-state index in [2.05, 4.69) is 5.32 Å². The van der Waals surface area contributed by atoms with Crippen molar-refractivity contribution in [1.29, 1.82) is 0 Å². The third-order valence-corrected chi connectivity index (χ3v) is 6.21. The second kappa shape index (κ2) is 17.2. The molecule has 0 radical (unpaired) electrons. The van der Waals surface area contributed by atoms with Crippen LogP contribution in [0.4, 0.5) is 21.8 Å². The minimum atomic E-state index is -5.08. The molecular formula is C26H38BF5N4O7. The Morgan fingerprint density at radius 2 is 1.51 bits per heavy atom. The number of carbonyl (C=O) groups excluding carboxylic acids is 1. The van der Waals surface area contributed by atoms with E-state index in [-0.39, 0.29) is 18.7 Å². The van der Waals surface area contributed by atoms with Gasteiger partial charge in [-0.05, 0) is 31.2 Å². The third-order valence-electron chi connectivity index (χ3n) is 6.21. The number of nitrogens with zero attached hydrogens (tertiary/aromatic N) is 2. The van der Waals surface area contributed by atoms with Crippen molar-refractivity contribution in [3.05, 3.63) is 40.9 Å². The van der Waals surface area contributed by atoms with Crippen LogP contribution in [0.5, 0.6) is 0 Å². The van der Waals surface area contributed by atoms with Gasteiger partial charge in [0.1, 0.15) is 5.71 Å². The van der Waals surface area contributed by atoms with E-state index in [4.69, 9.17) is 34.6 Å². The topological polar surface area (TPSA) is 137 Å². The molecule has 1 amide bonds. The Morgan fingerprint density at radius 1 is 0.977 bits per heavy atom. The standard InChI is InChI=1S/C24H37BF2N4O5.C2HF3O2/c1-19-17-20(2)30-23(19)18-22-4-3-21(31(22)25(30,26)27)5-6-24(32)29-8-10-34-12-14-36-16-15-35-13-11-33-9-7-28;3-2(4,5)1(6)7/h3-4,17-18H,5-16,28H2,1-2H3,(H,29,32);(H,6,7). The molecule has 0 saturated heterocycles. The Labute approximate surface area is 246 Å². The molecule has 3 heterocycles. The summed E-state index contributed by atoms with van der Waals surface area (Å²) in [4.78, 5) is 21.1. The van der Waals surface area contributed by atoms with E-state index in [1.165, 1.54) is 0 Å². The van der Waals surface area contributed by atoms with Crippen molar-refractivity contribution in [2.75, 3.05) is 65.9 Å². The zero-order chi connectivity index (χ0) is 32.0. The summed E-state index contributed by atoms with van der Waals surface area (Å²) in [5.41, 5.74) is 8.10. The molecule has 0 fully saturated rings. The number of hydrogen-bond acceptors (Lipinski definition) is 7. The molecule has 242 valence electrons. The number of carboxylic acid groups (broad SMARTS) is 1. The number of hydrogen-bond donors (Lipinski definition) is 3. The van der Waals surface area contributed by atoms with Crippen LogP contribution >= 0.6 is 0 Å². The molecule has 17 heteroatoms. The van der Waals surface area contributed by atoms with Crippen LogP contribution < -0.4 is 11.1 Å². The smallest absolute Gasteiger partial charge is 0.475 e. The van der Waals surface area contributed by atoms with Crippen molar-refractivity contribution in [3.8, 4) is 0 Å². The van der Waals surface area contributed by atoms with Gasteiger partial charge in [-0.1, -0.05) is 0 Å². The summed E-state index contributed by atoms with van der Waals surface area (Å²) in [7, 11) is 0. The van der Waals surface area contributed by atoms with Crippen LogP contribution in [0.3, 0.4) is 0 Å². The Morgan fingerprint density at radius 3 is 2.05 bits per heavy atom. The van der Waals surface area contributed by atoms with Crippen LogP contribution in [-0.2, 0) is 28.5 Å². The summed E-state index contributed by atoms with van der Waals surface area (Å²) in [6, 6.07) is 1.77. The number of fused-ring (bicyclic) bond motifs is 2. The Kier molecular flexibility index (Phi) is 14.5. The first-order valence-corrected chi connectivity index (χ1v) is 13.6. The predicted octanol–water partition coefficient (Wildman–Crippen LogP) is 2.26. The number of nitrogens with one attached hydrogen (secondary N) is 1. The van der Waals surface area contributed by atoms with Crippen molar-refractivity contribution in [2.24, 2.45) is 5.73 Å². The van der Waals surface area contributed by atoms with Gasteiger partial charge in [0.05, 0.1) is 52.9 Å². The Hall–Kier alpha value is -3.12. The minimum Gasteiger partial charge on any atom is -0.475 e. The number of aromatic nitrogens is 1. The quantitative estimate of drug-likeness (QED) is 0.137. The highest BCUT2D eigenvalue weighted by Gasteiger charge is 2.52. The molecule has 0 spiro atoms. The molecule has 2 aliphatic rings. The van der Waals surface area contributed by atoms with E-state index in [9.17, 15) is 18.0 Å². The van der Waals surface area contributed by atoms with Crippen molar-refractivity contribution in [1.82, 2.24) is 9.79 Å². The second-order valence-electron chi connectivity index (χ2n) is 9.47. The molecule has 0 unspecified atom stereocenters. The Balaban J connectivity index is 0.000000821. The molecule has 4 N–H and O–H groups in total. The van der Waals surface area contributed by atoms with Gasteiger partial charge in [0.25, 0.3) is 0 Å². The molecule has 43 heavy (non-hydrogen) atoms. The number of carboxylic acids is 1. The summed E-state index contributed by atoms with van der Waals surface area (Å²) in [6.45, 7) is 4.01. The van der Waals surface area contributed by atoms with Crippen molar-refractivity contribution < 1.29 is 59.9 Å². The number of aryl methyl sites for hydroxylation is 2. The number of carbonyl (C=O) groups is 2. The molecule has 0 bridgehead atoms. The lowest BCUT2D eigenvalue weighted by Gasteiger charge is -2.30. The van der Waals surface area contributed by atoms with E-state index >= 15 is 8.63 Å². The first kappa shape index (κ1) is 36.1. The normalized spacial score (nSPS) is 15.0. The summed E-state index contributed by atoms with van der Waals surface area (Å²) >= 11 is 0. The predicted molar refractivity (Wildman–Crippen MR) is 148 cm³/mol. The summed E-state index contributed by atoms with van der Waals surface area (Å²) in [5, 5.41) is 9.89. The van der Waals surface area contributed by atoms with Gasteiger partial charge in [-0.15, -0.1) is 0 Å². The van der Waals surface area contributed by atoms with Gasteiger partial charge < -0.3 is 52.7 Å². The fraction of sp³-hybridized carbons (Fsp3) is 0.577. The molecule has 2 aliphatic heterocycles. The fourth-order valence-corrected chi connectivity index (χ4v) is 4.33. The number of aliphatic carboxylic acids is 1. The van der Waals surface area contributed by atoms with Crippen LogP contribution in [0.25, 0.3) is 6.08 Å². The van der Waals surface area contributed by atoms with Gasteiger partial charge in [-0.2, -0.15) is 13.2 Å². The molecule has 3 rings (SSSR count). The molecule has 0 saturated carbocycles. The SMILES string of the molecule is Cc1cc(C)n2c1C=C1C=CC(CCC(=O)NCCOCCOCCOCCOCCN)=[N+]1[B-]2(F)F.O=C(O)C(F)(F)F. The van der Waals surface area contributed by atoms with Crippen LogP contribution in [0.1, 0.15) is 29.8 Å². The number of alkyl halides is 3. The summed E-state index contributed by atoms with van der Waals surface area (Å²) in [5.74, 6) is -2.96. The first-order chi connectivity index (χ1) is 20.3. The van der Waals surface area contributed by atoms with Gasteiger partial charge in [0.2, 0.25) is 5.91 Å². The number of nitrogens with two attached hydrogens (primary N) is 1. The number of ether oxygens (including phenoxy) is 4. The van der Waals surface area contributed by atoms with Crippen LogP contribution in [-0.4, -0.2) is 111 Å². The highest BCUT2D eigenvalue weighted by molar-refractivity contribution is 6.58. The van der Waals surface area contributed by atoms with E-state index in [1.807, 2.05) is 6.92 Å². The van der Waals surface area contributed by atoms with Crippen LogP contribution in [0.2, 0.25) is 0 Å². The monoisotopic (exact) mass is 624 g/mol. The number of rotatable bonds is 17. The van der Waals surface area contributed by atoms with Crippen molar-refractivity contribution in [3.63, 3.8) is 0 Å². The maximum atomic E-state index is 15.4. The highest BCUT2D eigenvalue weighted by Crippen LogP contribution is 2.34. The fourth-order valence-electron chi connectivity index (χ4n) is 4.33. The van der Waals surface area contributed by atoms with Crippen molar-refractivity contribution >= 4 is 30.6 Å². The molecule has 0 aromatic carbocycles. The maximum Gasteiger partial charge on any atom is 0.737 e. The number of allylic oxidation sites excluding steroid dienone is 2. The molecular weight excluding hydrogens is 586 g/mol. The van der Waals surface area contributed by atoms with Gasteiger partial charge in [0, 0.05) is 49.9 Å². The zero-order valence-corrected chi connectivity index (χ0v) is 24.1. The zero-order valence-electron chi connectivity index (χ0n) is 24.1. The number of halogens is 5. The minimum absolute atomic E-state index is 0.118. The third kappa shape index (κ3) is 11.1. The lowest BCUT2D eigenvalue weighted by Crippen LogP contribution is -2.50. The lowest BCUT2D eigenvalue weighted by atomic mass is 9.90. The largest absolute Gasteiger partial charge is 0.737 e. The Bertz CT molecular complexity index is 1190. The van der Waals surface area contributed by atoms with Crippen molar-refractivity contribution in [2.45, 2.75) is 32.9 Å². The summed E-state index contributed by atoms with van der Waals surface area (Å²) < 4.78 is 86.1. The van der Waals surface area contributed by atoms with E-state index < -0.39 is 19.1 Å². The molecule has 1 aromatic heterocycles. The second-order valence-corrected chi connectivity index (χ2v) is 9.47. The molecule has 0 aliphatic carbocycles. The van der Waals surface area contributed by atoms with Crippen LogP contribution in [0, 0.1) is 13.8 Å². The van der Waals surface area contributed by atoms with E-state index in [0.29, 0.717) is 88.7 Å². The van der Waals surface area contributed by atoms with Gasteiger partial charge in [-0.3, -0.25) is 4.79 Å². The molecule has 0 atom stereocenters. The average molecular weight is 624 g/mol. The van der Waals surface area contributed by atoms with E-state index in [0.717, 1.165) is 14.5 Å². The van der Waals surface area contributed by atoms with Gasteiger partial charge in [0.15, 0.2) is 5.70 Å². The highest BCUT2D eigenvalue weighted by atomic mass is 19.4. The van der Waals surface area contributed by atoms with E-state index in [1.54, 1.807) is 31.2 Å². The average Bonchev–Trinajstić information content (AvgIpc) is 3.48. The molecule has 11 nitrogen and oxygen atoms in total. The van der Waals surface area contributed by atoms with Crippen LogP contribution in [0.15, 0.2) is 23.9 Å². The summed E-state index contributed by atoms with van der Waals surface area (Å²) in [6.07, 6.45) is 0.400. The lowest BCUT2D eigenvalue weighted by molar-refractivity contribution is -0.362. The first-order valence-electron chi connectivity index (χ1n) is 13.6. The van der Waals surface area contributed by atoms with Gasteiger partial charge in [-0.25, -0.2) is 4.79 Å². The molecule has 1 aromatic rings.